The van der Waals surface area contributed by atoms with Gasteiger partial charge in [0.2, 0.25) is 0 Å². The standard InChI is InChI=1S/C14H15BrO3/c1-3-4-5-6-9-18-11-7-8-12(13(15)10-11)14(16)17-2/h3-8,10H,9H2,1-2H3/b4-3-,6-5-. The molecule has 1 aromatic rings. The van der Waals surface area contributed by atoms with Crippen LogP contribution in [0.2, 0.25) is 0 Å². The van der Waals surface area contributed by atoms with Crippen LogP contribution in [0.15, 0.2) is 47.0 Å². The van der Waals surface area contributed by atoms with E-state index in [1.165, 1.54) is 7.11 Å². The molecule has 0 aliphatic heterocycles. The van der Waals surface area contributed by atoms with Gasteiger partial charge in [-0.05, 0) is 47.1 Å². The quantitative estimate of drug-likeness (QED) is 0.614. The maximum absolute atomic E-state index is 11.4. The third-order valence-corrected chi connectivity index (χ3v) is 2.79. The van der Waals surface area contributed by atoms with E-state index in [1.807, 2.05) is 31.2 Å². The van der Waals surface area contributed by atoms with Crippen molar-refractivity contribution in [1.29, 1.82) is 0 Å². The predicted octanol–water partition coefficient (Wildman–Crippen LogP) is 3.75. The van der Waals surface area contributed by atoms with Gasteiger partial charge in [0, 0.05) is 4.47 Å². The highest BCUT2D eigenvalue weighted by Crippen LogP contribution is 2.23. The number of halogens is 1. The van der Waals surface area contributed by atoms with Crippen molar-refractivity contribution in [1.82, 2.24) is 0 Å². The monoisotopic (exact) mass is 310 g/mol. The summed E-state index contributed by atoms with van der Waals surface area (Å²) in [5.41, 5.74) is 0.481. The molecule has 96 valence electrons. The highest BCUT2D eigenvalue weighted by atomic mass is 79.9. The van der Waals surface area contributed by atoms with Gasteiger partial charge in [-0.1, -0.05) is 18.2 Å². The zero-order valence-corrected chi connectivity index (χ0v) is 11.9. The van der Waals surface area contributed by atoms with E-state index in [2.05, 4.69) is 20.7 Å². The zero-order chi connectivity index (χ0) is 13.4. The molecule has 4 heteroatoms. The topological polar surface area (TPSA) is 35.5 Å². The first-order valence-corrected chi connectivity index (χ1v) is 6.26. The average molecular weight is 311 g/mol. The number of ether oxygens (including phenoxy) is 2. The Kier molecular flexibility index (Phi) is 6.22. The second-order valence-electron chi connectivity index (χ2n) is 3.40. The molecule has 0 aliphatic rings. The van der Waals surface area contributed by atoms with Crippen LogP contribution >= 0.6 is 15.9 Å². The molecule has 0 saturated heterocycles. The van der Waals surface area contributed by atoms with Crippen LogP contribution in [0.1, 0.15) is 17.3 Å². The molecule has 18 heavy (non-hydrogen) atoms. The first-order valence-electron chi connectivity index (χ1n) is 5.47. The fourth-order valence-electron chi connectivity index (χ4n) is 1.25. The lowest BCUT2D eigenvalue weighted by Gasteiger charge is -2.06. The van der Waals surface area contributed by atoms with Gasteiger partial charge in [-0.3, -0.25) is 0 Å². The first kappa shape index (κ1) is 14.5. The highest BCUT2D eigenvalue weighted by Gasteiger charge is 2.10. The van der Waals surface area contributed by atoms with Crippen LogP contribution < -0.4 is 4.74 Å². The fourth-order valence-corrected chi connectivity index (χ4v) is 1.77. The van der Waals surface area contributed by atoms with Gasteiger partial charge < -0.3 is 9.47 Å². The van der Waals surface area contributed by atoms with Crippen molar-refractivity contribution in [3.05, 3.63) is 52.5 Å². The summed E-state index contributed by atoms with van der Waals surface area (Å²) in [7, 11) is 1.35. The molecule has 0 spiro atoms. The molecule has 0 aliphatic carbocycles. The van der Waals surface area contributed by atoms with E-state index >= 15 is 0 Å². The maximum atomic E-state index is 11.4. The summed E-state index contributed by atoms with van der Waals surface area (Å²) in [6.07, 6.45) is 7.69. The van der Waals surface area contributed by atoms with Crippen molar-refractivity contribution in [2.24, 2.45) is 0 Å². The van der Waals surface area contributed by atoms with Gasteiger partial charge in [0.25, 0.3) is 0 Å². The number of hydrogen-bond acceptors (Lipinski definition) is 3. The molecule has 0 amide bonds. The lowest BCUT2D eigenvalue weighted by atomic mass is 10.2. The molecule has 0 fully saturated rings. The Balaban J connectivity index is 2.64. The second kappa shape index (κ2) is 7.71. The lowest BCUT2D eigenvalue weighted by molar-refractivity contribution is 0.0599. The summed E-state index contributed by atoms with van der Waals surface area (Å²) < 4.78 is 10.8. The van der Waals surface area contributed by atoms with Crippen LogP contribution in [0.4, 0.5) is 0 Å². The van der Waals surface area contributed by atoms with Gasteiger partial charge >= 0.3 is 5.97 Å². The van der Waals surface area contributed by atoms with E-state index in [4.69, 9.17) is 4.74 Å². The molecule has 0 N–H and O–H groups in total. The van der Waals surface area contributed by atoms with Gasteiger partial charge in [0.1, 0.15) is 12.4 Å². The van der Waals surface area contributed by atoms with Crippen molar-refractivity contribution in [2.45, 2.75) is 6.92 Å². The van der Waals surface area contributed by atoms with Gasteiger partial charge in [-0.2, -0.15) is 0 Å². The Bertz CT molecular complexity index is 464. The van der Waals surface area contributed by atoms with E-state index in [9.17, 15) is 4.79 Å². The molecule has 0 saturated carbocycles. The molecule has 0 heterocycles. The van der Waals surface area contributed by atoms with Crippen LogP contribution in [0.5, 0.6) is 5.75 Å². The Morgan fingerprint density at radius 1 is 1.39 bits per heavy atom. The average Bonchev–Trinajstić information content (AvgIpc) is 2.38. The largest absolute Gasteiger partial charge is 0.489 e. The van der Waals surface area contributed by atoms with E-state index in [0.29, 0.717) is 22.4 Å². The molecular formula is C14H15BrO3. The van der Waals surface area contributed by atoms with Gasteiger partial charge in [-0.15, -0.1) is 0 Å². The molecular weight excluding hydrogens is 296 g/mol. The Labute approximate surface area is 115 Å². The van der Waals surface area contributed by atoms with E-state index < -0.39 is 0 Å². The molecule has 0 bridgehead atoms. The molecule has 0 radical (unpaired) electrons. The number of carbonyl (C=O) groups is 1. The van der Waals surface area contributed by atoms with Crippen LogP contribution in [-0.4, -0.2) is 19.7 Å². The maximum Gasteiger partial charge on any atom is 0.339 e. The lowest BCUT2D eigenvalue weighted by Crippen LogP contribution is -2.02. The van der Waals surface area contributed by atoms with Crippen LogP contribution in [0.3, 0.4) is 0 Å². The Morgan fingerprint density at radius 2 is 2.17 bits per heavy atom. The summed E-state index contributed by atoms with van der Waals surface area (Å²) in [4.78, 5) is 11.4. The number of methoxy groups -OCH3 is 1. The van der Waals surface area contributed by atoms with Crippen LogP contribution in [-0.2, 0) is 4.74 Å². The minimum atomic E-state index is -0.374. The molecule has 3 nitrogen and oxygen atoms in total. The summed E-state index contributed by atoms with van der Waals surface area (Å²) in [6, 6.07) is 5.15. The predicted molar refractivity (Wildman–Crippen MR) is 74.9 cm³/mol. The first-order chi connectivity index (χ1) is 8.69. The highest BCUT2D eigenvalue weighted by molar-refractivity contribution is 9.10. The molecule has 0 aromatic heterocycles. The summed E-state index contributed by atoms with van der Waals surface area (Å²) in [5, 5.41) is 0. The number of hydrogen-bond donors (Lipinski definition) is 0. The number of rotatable bonds is 5. The molecule has 1 rings (SSSR count). The minimum Gasteiger partial charge on any atom is -0.489 e. The number of benzene rings is 1. The fraction of sp³-hybridized carbons (Fsp3) is 0.214. The SMILES string of the molecule is C/C=C\C=C/COc1ccc(C(=O)OC)c(Br)c1. The third kappa shape index (κ3) is 4.37. The van der Waals surface area contributed by atoms with Crippen molar-refractivity contribution in [3.8, 4) is 5.75 Å². The third-order valence-electron chi connectivity index (χ3n) is 2.13. The number of esters is 1. The Hall–Kier alpha value is -1.55. The van der Waals surface area contributed by atoms with Crippen molar-refractivity contribution < 1.29 is 14.3 Å². The summed E-state index contributed by atoms with van der Waals surface area (Å²) in [6.45, 7) is 2.43. The van der Waals surface area contributed by atoms with Crippen LogP contribution in [0, 0.1) is 0 Å². The van der Waals surface area contributed by atoms with E-state index in [1.54, 1.807) is 18.2 Å². The second-order valence-corrected chi connectivity index (χ2v) is 4.25. The van der Waals surface area contributed by atoms with Crippen molar-refractivity contribution in [2.75, 3.05) is 13.7 Å². The van der Waals surface area contributed by atoms with E-state index in [0.717, 1.165) is 0 Å². The number of carbonyl (C=O) groups excluding carboxylic acids is 1. The van der Waals surface area contributed by atoms with Gasteiger partial charge in [0.15, 0.2) is 0 Å². The molecule has 0 unspecified atom stereocenters. The van der Waals surface area contributed by atoms with E-state index in [-0.39, 0.29) is 5.97 Å². The van der Waals surface area contributed by atoms with Crippen molar-refractivity contribution in [3.63, 3.8) is 0 Å². The Morgan fingerprint density at radius 3 is 2.78 bits per heavy atom. The summed E-state index contributed by atoms with van der Waals surface area (Å²) in [5.74, 6) is 0.320. The van der Waals surface area contributed by atoms with Crippen LogP contribution in [0.25, 0.3) is 0 Å². The van der Waals surface area contributed by atoms with Gasteiger partial charge in [-0.25, -0.2) is 4.79 Å². The van der Waals surface area contributed by atoms with Gasteiger partial charge in [0.05, 0.1) is 12.7 Å². The molecule has 0 atom stereocenters. The normalized spacial score (nSPS) is 11.1. The zero-order valence-electron chi connectivity index (χ0n) is 10.4. The smallest absolute Gasteiger partial charge is 0.339 e. The molecule has 1 aromatic carbocycles. The number of allylic oxidation sites excluding steroid dienone is 3. The van der Waals surface area contributed by atoms with Crippen molar-refractivity contribution >= 4 is 21.9 Å². The summed E-state index contributed by atoms with van der Waals surface area (Å²) >= 11 is 3.31. The minimum absolute atomic E-state index is 0.374.